The van der Waals surface area contributed by atoms with Crippen LogP contribution in [0.25, 0.3) is 11.0 Å². The summed E-state index contributed by atoms with van der Waals surface area (Å²) < 4.78 is 8.12. The standard InChI is InChI=1S/C18H14N2O.ClH/c1-2-6-14(7-3-1)18(20-11-10-19-13-20)17-12-15-8-4-5-9-16(15)21-17;/h1-13,18H;1H. The summed E-state index contributed by atoms with van der Waals surface area (Å²) in [6.07, 6.45) is 5.58. The number of fused-ring (bicyclic) bond motifs is 1. The predicted molar refractivity (Wildman–Crippen MR) is 89.4 cm³/mol. The van der Waals surface area contributed by atoms with Gasteiger partial charge in [0.05, 0.1) is 6.33 Å². The SMILES string of the molecule is Cl.c1ccc(C(c2cc3ccccc3o2)n2ccnc2)cc1. The Kier molecular flexibility index (Phi) is 3.98. The molecule has 0 aliphatic carbocycles. The molecule has 0 aliphatic rings. The van der Waals surface area contributed by atoms with Gasteiger partial charge in [0.15, 0.2) is 0 Å². The van der Waals surface area contributed by atoms with E-state index in [0.717, 1.165) is 16.7 Å². The van der Waals surface area contributed by atoms with E-state index >= 15 is 0 Å². The van der Waals surface area contributed by atoms with E-state index in [2.05, 4.69) is 33.8 Å². The number of furan rings is 1. The lowest BCUT2D eigenvalue weighted by Gasteiger charge is -2.16. The second-order valence-electron chi connectivity index (χ2n) is 5.01. The van der Waals surface area contributed by atoms with Gasteiger partial charge in [-0.05, 0) is 17.7 Å². The lowest BCUT2D eigenvalue weighted by Crippen LogP contribution is -2.09. The Morgan fingerprint density at radius 2 is 1.73 bits per heavy atom. The summed E-state index contributed by atoms with van der Waals surface area (Å²) in [7, 11) is 0. The molecule has 0 radical (unpaired) electrons. The van der Waals surface area contributed by atoms with E-state index in [1.807, 2.05) is 48.9 Å². The van der Waals surface area contributed by atoms with Crippen LogP contribution < -0.4 is 0 Å². The van der Waals surface area contributed by atoms with Crippen LogP contribution in [-0.4, -0.2) is 9.55 Å². The van der Waals surface area contributed by atoms with Crippen molar-refractivity contribution in [1.29, 1.82) is 0 Å². The highest BCUT2D eigenvalue weighted by molar-refractivity contribution is 5.85. The maximum absolute atomic E-state index is 6.06. The van der Waals surface area contributed by atoms with E-state index in [0.29, 0.717) is 0 Å². The predicted octanol–water partition coefficient (Wildman–Crippen LogP) is 4.69. The first kappa shape index (κ1) is 14.4. The number of imidazole rings is 1. The summed E-state index contributed by atoms with van der Waals surface area (Å²) in [6.45, 7) is 0. The number of rotatable bonds is 3. The first-order valence-corrected chi connectivity index (χ1v) is 6.93. The molecule has 2 heterocycles. The van der Waals surface area contributed by atoms with Crippen LogP contribution in [0.2, 0.25) is 0 Å². The van der Waals surface area contributed by atoms with Crippen LogP contribution in [0.4, 0.5) is 0 Å². The van der Waals surface area contributed by atoms with E-state index in [9.17, 15) is 0 Å². The first-order chi connectivity index (χ1) is 10.4. The molecule has 2 aromatic carbocycles. The number of hydrogen-bond acceptors (Lipinski definition) is 2. The Balaban J connectivity index is 0.00000144. The average molecular weight is 311 g/mol. The summed E-state index contributed by atoms with van der Waals surface area (Å²) in [4.78, 5) is 4.17. The van der Waals surface area contributed by atoms with Crippen molar-refractivity contribution in [1.82, 2.24) is 9.55 Å². The molecule has 4 aromatic rings. The summed E-state index contributed by atoms with van der Waals surface area (Å²) >= 11 is 0. The minimum atomic E-state index is 0. The lowest BCUT2D eigenvalue weighted by atomic mass is 10.0. The number of hydrogen-bond donors (Lipinski definition) is 0. The Hall–Kier alpha value is -2.52. The quantitative estimate of drug-likeness (QED) is 0.549. The van der Waals surface area contributed by atoms with E-state index < -0.39 is 0 Å². The molecule has 4 rings (SSSR count). The molecular formula is C18H15ClN2O. The Morgan fingerprint density at radius 1 is 0.955 bits per heavy atom. The molecule has 0 saturated carbocycles. The Labute approximate surface area is 134 Å². The first-order valence-electron chi connectivity index (χ1n) is 6.93. The van der Waals surface area contributed by atoms with Gasteiger partial charge in [-0.2, -0.15) is 0 Å². The van der Waals surface area contributed by atoms with Crippen LogP contribution in [0.1, 0.15) is 17.4 Å². The van der Waals surface area contributed by atoms with Gasteiger partial charge in [-0.1, -0.05) is 48.5 Å². The number of para-hydroxylation sites is 1. The van der Waals surface area contributed by atoms with Crippen LogP contribution in [-0.2, 0) is 0 Å². The normalized spacial score (nSPS) is 12.0. The Morgan fingerprint density at radius 3 is 2.45 bits per heavy atom. The zero-order valence-corrected chi connectivity index (χ0v) is 12.6. The van der Waals surface area contributed by atoms with Crippen molar-refractivity contribution in [3.05, 3.63) is 90.7 Å². The molecule has 4 heteroatoms. The van der Waals surface area contributed by atoms with Gasteiger partial charge in [0.25, 0.3) is 0 Å². The smallest absolute Gasteiger partial charge is 0.134 e. The summed E-state index contributed by atoms with van der Waals surface area (Å²) in [5.41, 5.74) is 2.09. The van der Waals surface area contributed by atoms with Gasteiger partial charge < -0.3 is 8.98 Å². The van der Waals surface area contributed by atoms with E-state index in [-0.39, 0.29) is 18.4 Å². The molecule has 0 N–H and O–H groups in total. The molecule has 3 nitrogen and oxygen atoms in total. The fourth-order valence-corrected chi connectivity index (χ4v) is 2.68. The molecule has 22 heavy (non-hydrogen) atoms. The van der Waals surface area contributed by atoms with Gasteiger partial charge in [-0.25, -0.2) is 4.98 Å². The van der Waals surface area contributed by atoms with E-state index in [4.69, 9.17) is 4.42 Å². The van der Waals surface area contributed by atoms with Gasteiger partial charge in [-0.15, -0.1) is 12.4 Å². The van der Waals surface area contributed by atoms with Gasteiger partial charge in [0.2, 0.25) is 0 Å². The molecule has 1 unspecified atom stereocenters. The van der Waals surface area contributed by atoms with Crippen LogP contribution in [0.5, 0.6) is 0 Å². The molecule has 0 spiro atoms. The zero-order valence-electron chi connectivity index (χ0n) is 11.8. The molecule has 110 valence electrons. The summed E-state index contributed by atoms with van der Waals surface area (Å²) in [6, 6.07) is 20.5. The molecule has 0 aliphatic heterocycles. The molecular weight excluding hydrogens is 296 g/mol. The minimum Gasteiger partial charge on any atom is -0.458 e. The molecule has 0 fully saturated rings. The van der Waals surface area contributed by atoms with Crippen molar-refractivity contribution in [3.8, 4) is 0 Å². The monoisotopic (exact) mass is 310 g/mol. The molecule has 1 atom stereocenters. The topological polar surface area (TPSA) is 31.0 Å². The van der Waals surface area contributed by atoms with Gasteiger partial charge in [0, 0.05) is 17.8 Å². The maximum Gasteiger partial charge on any atom is 0.134 e. The third kappa shape index (κ3) is 2.51. The van der Waals surface area contributed by atoms with Crippen molar-refractivity contribution in [2.24, 2.45) is 0 Å². The molecule has 2 aromatic heterocycles. The highest BCUT2D eigenvalue weighted by atomic mass is 35.5. The fourth-order valence-electron chi connectivity index (χ4n) is 2.68. The Bertz CT molecular complexity index is 820. The fraction of sp³-hybridized carbons (Fsp3) is 0.0556. The average Bonchev–Trinajstić information content (AvgIpc) is 3.18. The van der Waals surface area contributed by atoms with Gasteiger partial charge in [0.1, 0.15) is 17.4 Å². The maximum atomic E-state index is 6.06. The highest BCUT2D eigenvalue weighted by Gasteiger charge is 2.19. The second-order valence-corrected chi connectivity index (χ2v) is 5.01. The van der Waals surface area contributed by atoms with Crippen molar-refractivity contribution in [2.75, 3.05) is 0 Å². The second kappa shape index (κ2) is 6.08. The van der Waals surface area contributed by atoms with Crippen LogP contribution in [0, 0.1) is 0 Å². The molecule has 0 amide bonds. The van der Waals surface area contributed by atoms with Crippen molar-refractivity contribution in [3.63, 3.8) is 0 Å². The van der Waals surface area contributed by atoms with Crippen LogP contribution >= 0.6 is 12.4 Å². The molecule has 0 saturated heterocycles. The van der Waals surface area contributed by atoms with Gasteiger partial charge >= 0.3 is 0 Å². The number of nitrogens with zero attached hydrogens (tertiary/aromatic N) is 2. The van der Waals surface area contributed by atoms with Crippen molar-refractivity contribution in [2.45, 2.75) is 6.04 Å². The highest BCUT2D eigenvalue weighted by Crippen LogP contribution is 2.31. The summed E-state index contributed by atoms with van der Waals surface area (Å²) in [5, 5.41) is 1.12. The number of halogens is 1. The van der Waals surface area contributed by atoms with E-state index in [1.54, 1.807) is 6.20 Å². The summed E-state index contributed by atoms with van der Waals surface area (Å²) in [5.74, 6) is 0.917. The third-order valence-electron chi connectivity index (χ3n) is 3.65. The zero-order chi connectivity index (χ0) is 14.1. The minimum absolute atomic E-state index is 0. The van der Waals surface area contributed by atoms with Crippen LogP contribution in [0.15, 0.2) is 83.8 Å². The number of aromatic nitrogens is 2. The third-order valence-corrected chi connectivity index (χ3v) is 3.65. The molecule has 0 bridgehead atoms. The lowest BCUT2D eigenvalue weighted by molar-refractivity contribution is 0.487. The number of benzene rings is 2. The van der Waals surface area contributed by atoms with E-state index in [1.165, 1.54) is 5.56 Å². The van der Waals surface area contributed by atoms with Crippen LogP contribution in [0.3, 0.4) is 0 Å². The van der Waals surface area contributed by atoms with Crippen molar-refractivity contribution >= 4 is 23.4 Å². The van der Waals surface area contributed by atoms with Gasteiger partial charge in [-0.3, -0.25) is 0 Å². The van der Waals surface area contributed by atoms with Crippen molar-refractivity contribution < 1.29 is 4.42 Å². The largest absolute Gasteiger partial charge is 0.458 e.